The Kier molecular flexibility index (Phi) is 3.15. The van der Waals surface area contributed by atoms with Crippen molar-refractivity contribution in [3.8, 4) is 0 Å². The number of furan rings is 1. The van der Waals surface area contributed by atoms with Crippen molar-refractivity contribution in [1.29, 1.82) is 0 Å². The molecule has 0 saturated heterocycles. The van der Waals surface area contributed by atoms with Crippen LogP contribution in [0.5, 0.6) is 0 Å². The van der Waals surface area contributed by atoms with E-state index < -0.39 is 11.5 Å². The Morgan fingerprint density at radius 3 is 2.80 bits per heavy atom. The number of benzene rings is 1. The fourth-order valence-electron chi connectivity index (χ4n) is 1.77. The lowest BCUT2D eigenvalue weighted by atomic mass is 10.2. The van der Waals surface area contributed by atoms with Crippen molar-refractivity contribution in [1.82, 2.24) is 0 Å². The van der Waals surface area contributed by atoms with Gasteiger partial charge in [0, 0.05) is 9.86 Å². The molecule has 3 aromatic rings. The summed E-state index contributed by atoms with van der Waals surface area (Å²) in [7, 11) is 0. The fourth-order valence-corrected chi connectivity index (χ4v) is 2.15. The van der Waals surface area contributed by atoms with Crippen molar-refractivity contribution >= 4 is 38.5 Å². The zero-order valence-corrected chi connectivity index (χ0v) is 11.6. The predicted octanol–water partition coefficient (Wildman–Crippen LogP) is 3.40. The molecule has 0 aliphatic heterocycles. The van der Waals surface area contributed by atoms with E-state index >= 15 is 0 Å². The Morgan fingerprint density at radius 2 is 2.05 bits per heavy atom. The Morgan fingerprint density at radius 1 is 1.20 bits per heavy atom. The van der Waals surface area contributed by atoms with Crippen LogP contribution in [0.4, 0.5) is 5.69 Å². The molecule has 0 unspecified atom stereocenters. The molecule has 0 saturated carbocycles. The first kappa shape index (κ1) is 12.7. The third-order valence-electron chi connectivity index (χ3n) is 2.69. The SMILES string of the molecule is O=C(Nc1cc2cc(Br)ccc2oc1=O)c1ccco1. The van der Waals surface area contributed by atoms with E-state index in [1.807, 2.05) is 0 Å². The van der Waals surface area contributed by atoms with E-state index in [1.165, 1.54) is 12.3 Å². The summed E-state index contributed by atoms with van der Waals surface area (Å²) in [6, 6.07) is 9.91. The Hall–Kier alpha value is -2.34. The summed E-state index contributed by atoms with van der Waals surface area (Å²) in [4.78, 5) is 23.6. The molecular weight excluding hydrogens is 326 g/mol. The highest BCUT2D eigenvalue weighted by atomic mass is 79.9. The number of carbonyl (C=O) groups is 1. The van der Waals surface area contributed by atoms with Gasteiger partial charge in [0.1, 0.15) is 11.3 Å². The Labute approximate surface area is 121 Å². The average molecular weight is 334 g/mol. The van der Waals surface area contributed by atoms with Gasteiger partial charge in [0.05, 0.1) is 6.26 Å². The van der Waals surface area contributed by atoms with Gasteiger partial charge in [-0.1, -0.05) is 15.9 Å². The molecule has 0 spiro atoms. The molecular formula is C14H8BrNO4. The molecule has 6 heteroatoms. The molecule has 1 amide bonds. The lowest BCUT2D eigenvalue weighted by molar-refractivity contribution is 0.0996. The van der Waals surface area contributed by atoms with Crippen molar-refractivity contribution in [2.45, 2.75) is 0 Å². The van der Waals surface area contributed by atoms with Crippen LogP contribution in [0.15, 0.2) is 60.8 Å². The van der Waals surface area contributed by atoms with Gasteiger partial charge in [0.15, 0.2) is 5.76 Å². The minimum atomic E-state index is -0.611. The number of halogens is 1. The maximum Gasteiger partial charge on any atom is 0.360 e. The van der Waals surface area contributed by atoms with E-state index in [0.29, 0.717) is 11.0 Å². The lowest BCUT2D eigenvalue weighted by Crippen LogP contribution is -2.17. The summed E-state index contributed by atoms with van der Waals surface area (Å²) in [5.74, 6) is -0.379. The van der Waals surface area contributed by atoms with E-state index in [4.69, 9.17) is 8.83 Å². The minimum absolute atomic E-state index is 0.0667. The third kappa shape index (κ3) is 2.37. The van der Waals surface area contributed by atoms with Gasteiger partial charge in [0.2, 0.25) is 0 Å². The minimum Gasteiger partial charge on any atom is -0.459 e. The molecule has 3 rings (SSSR count). The van der Waals surface area contributed by atoms with Crippen LogP contribution in [-0.4, -0.2) is 5.91 Å². The second-order valence-corrected chi connectivity index (χ2v) is 4.98. The molecule has 100 valence electrons. The third-order valence-corrected chi connectivity index (χ3v) is 3.18. The zero-order chi connectivity index (χ0) is 14.1. The lowest BCUT2D eigenvalue weighted by Gasteiger charge is -2.03. The van der Waals surface area contributed by atoms with Crippen LogP contribution in [-0.2, 0) is 0 Å². The summed E-state index contributed by atoms with van der Waals surface area (Å²) >= 11 is 3.34. The van der Waals surface area contributed by atoms with Gasteiger partial charge in [0.25, 0.3) is 5.91 Å². The van der Waals surface area contributed by atoms with Crippen LogP contribution >= 0.6 is 15.9 Å². The number of carbonyl (C=O) groups excluding carboxylic acids is 1. The molecule has 5 nitrogen and oxygen atoms in total. The quantitative estimate of drug-likeness (QED) is 0.729. The monoisotopic (exact) mass is 333 g/mol. The van der Waals surface area contributed by atoms with E-state index in [2.05, 4.69) is 21.2 Å². The van der Waals surface area contributed by atoms with Gasteiger partial charge in [-0.2, -0.15) is 0 Å². The van der Waals surface area contributed by atoms with Crippen LogP contribution < -0.4 is 10.9 Å². The van der Waals surface area contributed by atoms with Gasteiger partial charge in [-0.05, 0) is 36.4 Å². The Balaban J connectivity index is 2.01. The summed E-state index contributed by atoms with van der Waals surface area (Å²) in [6.45, 7) is 0. The first-order chi connectivity index (χ1) is 9.63. The fraction of sp³-hybridized carbons (Fsp3) is 0. The molecule has 1 aromatic carbocycles. The highest BCUT2D eigenvalue weighted by Crippen LogP contribution is 2.21. The van der Waals surface area contributed by atoms with Gasteiger partial charge >= 0.3 is 5.63 Å². The van der Waals surface area contributed by atoms with Gasteiger partial charge in [-0.3, -0.25) is 4.79 Å². The number of anilines is 1. The largest absolute Gasteiger partial charge is 0.459 e. The zero-order valence-electron chi connectivity index (χ0n) is 10.1. The summed E-state index contributed by atoms with van der Waals surface area (Å²) in [5.41, 5.74) is -0.0917. The van der Waals surface area contributed by atoms with Crippen molar-refractivity contribution in [3.63, 3.8) is 0 Å². The molecule has 0 bridgehead atoms. The summed E-state index contributed by atoms with van der Waals surface area (Å²) in [5, 5.41) is 3.17. The predicted molar refractivity (Wildman–Crippen MR) is 76.8 cm³/mol. The topological polar surface area (TPSA) is 72.5 Å². The second kappa shape index (κ2) is 4.97. The number of fused-ring (bicyclic) bond motifs is 1. The molecule has 2 aromatic heterocycles. The highest BCUT2D eigenvalue weighted by molar-refractivity contribution is 9.10. The summed E-state index contributed by atoms with van der Waals surface area (Å²) < 4.78 is 11.0. The second-order valence-electron chi connectivity index (χ2n) is 4.06. The van der Waals surface area contributed by atoms with E-state index in [9.17, 15) is 9.59 Å². The number of nitrogens with one attached hydrogen (secondary N) is 1. The van der Waals surface area contributed by atoms with Crippen LogP contribution in [0.25, 0.3) is 11.0 Å². The van der Waals surface area contributed by atoms with Gasteiger partial charge < -0.3 is 14.2 Å². The number of rotatable bonds is 2. The van der Waals surface area contributed by atoms with Crippen LogP contribution in [0, 0.1) is 0 Å². The van der Waals surface area contributed by atoms with Crippen LogP contribution in [0.3, 0.4) is 0 Å². The molecule has 0 radical (unpaired) electrons. The smallest absolute Gasteiger partial charge is 0.360 e. The number of hydrogen-bond acceptors (Lipinski definition) is 4. The number of amides is 1. The molecule has 0 fully saturated rings. The molecule has 0 atom stereocenters. The van der Waals surface area contributed by atoms with Gasteiger partial charge in [-0.15, -0.1) is 0 Å². The molecule has 20 heavy (non-hydrogen) atoms. The molecule has 0 aliphatic carbocycles. The number of hydrogen-bond donors (Lipinski definition) is 1. The van der Waals surface area contributed by atoms with Crippen LogP contribution in [0.1, 0.15) is 10.6 Å². The van der Waals surface area contributed by atoms with Gasteiger partial charge in [-0.25, -0.2) is 4.79 Å². The van der Waals surface area contributed by atoms with E-state index in [1.54, 1.807) is 30.3 Å². The van der Waals surface area contributed by atoms with E-state index in [0.717, 1.165) is 4.47 Å². The first-order valence-corrected chi connectivity index (χ1v) is 6.51. The molecule has 2 heterocycles. The maximum atomic E-state index is 11.8. The van der Waals surface area contributed by atoms with Crippen molar-refractivity contribution < 1.29 is 13.6 Å². The summed E-state index contributed by atoms with van der Waals surface area (Å²) in [6.07, 6.45) is 1.38. The molecule has 0 aliphatic rings. The average Bonchev–Trinajstić information content (AvgIpc) is 2.94. The van der Waals surface area contributed by atoms with Crippen LogP contribution in [0.2, 0.25) is 0 Å². The standard InChI is InChI=1S/C14H8BrNO4/c15-9-3-4-11-8(6-9)7-10(14(18)20-11)16-13(17)12-2-1-5-19-12/h1-7H,(H,16,17). The van der Waals surface area contributed by atoms with E-state index in [-0.39, 0.29) is 11.4 Å². The first-order valence-electron chi connectivity index (χ1n) is 5.72. The highest BCUT2D eigenvalue weighted by Gasteiger charge is 2.12. The van der Waals surface area contributed by atoms with Crippen molar-refractivity contribution in [2.75, 3.05) is 5.32 Å². The van der Waals surface area contributed by atoms with Crippen molar-refractivity contribution in [2.24, 2.45) is 0 Å². The Bertz CT molecular complexity index is 836. The molecule has 1 N–H and O–H groups in total. The maximum absolute atomic E-state index is 11.8. The normalized spacial score (nSPS) is 10.7. The van der Waals surface area contributed by atoms with Crippen molar-refractivity contribution in [3.05, 3.63) is 63.3 Å².